The quantitative estimate of drug-likeness (QED) is 0.852. The lowest BCUT2D eigenvalue weighted by molar-refractivity contribution is -0.130. The molecule has 138 valence electrons. The van der Waals surface area contributed by atoms with Crippen molar-refractivity contribution in [3.63, 3.8) is 0 Å². The van der Waals surface area contributed by atoms with Gasteiger partial charge in [-0.1, -0.05) is 29.8 Å². The fourth-order valence-corrected chi connectivity index (χ4v) is 3.89. The van der Waals surface area contributed by atoms with Gasteiger partial charge in [-0.15, -0.1) is 11.3 Å². The molecular formula is C19H22ClN3O2S. The lowest BCUT2D eigenvalue weighted by atomic mass is 10.3. The summed E-state index contributed by atoms with van der Waals surface area (Å²) in [6.45, 7) is 3.21. The van der Waals surface area contributed by atoms with Crippen molar-refractivity contribution < 1.29 is 9.59 Å². The molecule has 1 aliphatic rings. The van der Waals surface area contributed by atoms with E-state index in [-0.39, 0.29) is 11.8 Å². The molecule has 5 nitrogen and oxygen atoms in total. The summed E-state index contributed by atoms with van der Waals surface area (Å²) in [4.78, 5) is 29.8. The van der Waals surface area contributed by atoms with Crippen molar-refractivity contribution in [3.05, 3.63) is 51.7 Å². The summed E-state index contributed by atoms with van der Waals surface area (Å²) < 4.78 is 0. The van der Waals surface area contributed by atoms with E-state index in [9.17, 15) is 9.59 Å². The highest BCUT2D eigenvalue weighted by Crippen LogP contribution is 2.20. The number of hydrogen-bond acceptors (Lipinski definition) is 4. The van der Waals surface area contributed by atoms with E-state index in [2.05, 4.69) is 10.2 Å². The maximum atomic E-state index is 12.4. The number of benzene rings is 1. The lowest BCUT2D eigenvalue weighted by Gasteiger charge is -2.21. The van der Waals surface area contributed by atoms with Crippen LogP contribution in [0.2, 0.25) is 5.02 Å². The number of carbonyl (C=O) groups is 2. The zero-order valence-corrected chi connectivity index (χ0v) is 16.1. The first-order chi connectivity index (χ1) is 12.6. The smallest absolute Gasteiger partial charge is 0.238 e. The molecule has 1 aromatic carbocycles. The summed E-state index contributed by atoms with van der Waals surface area (Å²) in [7, 11) is 0. The molecule has 1 fully saturated rings. The topological polar surface area (TPSA) is 52.7 Å². The molecule has 0 atom stereocenters. The molecule has 7 heteroatoms. The van der Waals surface area contributed by atoms with Gasteiger partial charge in [0.25, 0.3) is 0 Å². The van der Waals surface area contributed by atoms with Gasteiger partial charge in [0.15, 0.2) is 0 Å². The summed E-state index contributed by atoms with van der Waals surface area (Å²) in [6.07, 6.45) is 1.33. The molecule has 0 saturated carbocycles. The first-order valence-corrected chi connectivity index (χ1v) is 9.94. The predicted molar refractivity (Wildman–Crippen MR) is 106 cm³/mol. The van der Waals surface area contributed by atoms with Crippen LogP contribution in [0.15, 0.2) is 41.8 Å². The molecule has 0 unspecified atom stereocenters. The highest BCUT2D eigenvalue weighted by molar-refractivity contribution is 7.10. The average Bonchev–Trinajstić information content (AvgIpc) is 3.01. The molecule has 2 aromatic rings. The van der Waals surface area contributed by atoms with E-state index in [1.165, 1.54) is 0 Å². The highest BCUT2D eigenvalue weighted by atomic mass is 35.5. The van der Waals surface area contributed by atoms with Gasteiger partial charge in [-0.05, 0) is 30.0 Å². The molecule has 1 N–H and O–H groups in total. The fourth-order valence-electron chi connectivity index (χ4n) is 3.01. The van der Waals surface area contributed by atoms with E-state index in [1.807, 2.05) is 34.5 Å². The third-order valence-electron chi connectivity index (χ3n) is 4.36. The Kier molecular flexibility index (Phi) is 6.66. The molecule has 2 amide bonds. The Morgan fingerprint density at radius 3 is 2.69 bits per heavy atom. The molecule has 0 radical (unpaired) electrons. The Morgan fingerprint density at radius 2 is 1.92 bits per heavy atom. The minimum atomic E-state index is -0.0866. The van der Waals surface area contributed by atoms with E-state index in [1.54, 1.807) is 23.5 Å². The number of halogens is 1. The van der Waals surface area contributed by atoms with Gasteiger partial charge >= 0.3 is 0 Å². The summed E-state index contributed by atoms with van der Waals surface area (Å²) in [5, 5.41) is 5.37. The molecule has 3 rings (SSSR count). The van der Waals surface area contributed by atoms with Gasteiger partial charge in [0.05, 0.1) is 23.7 Å². The number of anilines is 1. The third kappa shape index (κ3) is 5.30. The maximum Gasteiger partial charge on any atom is 0.238 e. The first kappa shape index (κ1) is 18.9. The highest BCUT2D eigenvalue weighted by Gasteiger charge is 2.21. The number of nitrogens with zero attached hydrogens (tertiary/aromatic N) is 2. The van der Waals surface area contributed by atoms with E-state index in [0.717, 1.165) is 24.4 Å². The number of rotatable bonds is 5. The normalized spacial score (nSPS) is 15.5. The fraction of sp³-hybridized carbons (Fsp3) is 0.368. The monoisotopic (exact) mass is 391 g/mol. The van der Waals surface area contributed by atoms with Crippen molar-refractivity contribution in [2.24, 2.45) is 0 Å². The van der Waals surface area contributed by atoms with E-state index in [4.69, 9.17) is 11.6 Å². The minimum absolute atomic E-state index is 0.0866. The second kappa shape index (κ2) is 9.16. The Morgan fingerprint density at radius 1 is 1.08 bits per heavy atom. The van der Waals surface area contributed by atoms with Gasteiger partial charge in [-0.25, -0.2) is 0 Å². The van der Waals surface area contributed by atoms with Gasteiger partial charge in [0.2, 0.25) is 11.8 Å². The second-order valence-electron chi connectivity index (χ2n) is 6.29. The van der Waals surface area contributed by atoms with Crippen LogP contribution in [0.5, 0.6) is 0 Å². The molecule has 0 spiro atoms. The van der Waals surface area contributed by atoms with Crippen molar-refractivity contribution in [1.82, 2.24) is 9.80 Å². The lowest BCUT2D eigenvalue weighted by Crippen LogP contribution is -2.38. The molecule has 26 heavy (non-hydrogen) atoms. The predicted octanol–water partition coefficient (Wildman–Crippen LogP) is 3.12. The van der Waals surface area contributed by atoms with Crippen LogP contribution >= 0.6 is 22.9 Å². The van der Waals surface area contributed by atoms with Crippen LogP contribution in [-0.2, 0) is 16.0 Å². The number of nitrogens with one attached hydrogen (secondary N) is 1. The number of hydrogen-bond donors (Lipinski definition) is 1. The van der Waals surface area contributed by atoms with Crippen molar-refractivity contribution in [1.29, 1.82) is 0 Å². The Bertz CT molecular complexity index is 751. The van der Waals surface area contributed by atoms with Gasteiger partial charge < -0.3 is 10.2 Å². The van der Waals surface area contributed by atoms with Gasteiger partial charge in [0.1, 0.15) is 0 Å². The summed E-state index contributed by atoms with van der Waals surface area (Å²) in [6, 6.07) is 11.2. The van der Waals surface area contributed by atoms with E-state index >= 15 is 0 Å². The van der Waals surface area contributed by atoms with Crippen LogP contribution in [-0.4, -0.2) is 54.3 Å². The molecular weight excluding hydrogens is 370 g/mol. The van der Waals surface area contributed by atoms with Crippen LogP contribution in [0.1, 0.15) is 11.3 Å². The Labute approximate surface area is 162 Å². The third-order valence-corrected chi connectivity index (χ3v) is 5.57. The molecule has 0 bridgehead atoms. The van der Waals surface area contributed by atoms with Crippen LogP contribution in [0, 0.1) is 0 Å². The average molecular weight is 392 g/mol. The standard InChI is InChI=1S/C19H22ClN3O2S/c20-16-6-1-2-7-17(16)21-18(24)14-22-8-4-9-23(11-10-22)19(25)13-15-5-3-12-26-15/h1-3,5-7,12H,4,8-11,13-14H2,(H,21,24). The zero-order valence-electron chi connectivity index (χ0n) is 14.5. The number of carbonyl (C=O) groups excluding carboxylic acids is 2. The van der Waals surface area contributed by atoms with Crippen molar-refractivity contribution in [2.75, 3.05) is 38.0 Å². The number of amides is 2. The maximum absolute atomic E-state index is 12.4. The van der Waals surface area contributed by atoms with Crippen LogP contribution in [0.25, 0.3) is 0 Å². The van der Waals surface area contributed by atoms with Crippen molar-refractivity contribution in [2.45, 2.75) is 12.8 Å². The van der Waals surface area contributed by atoms with Crippen molar-refractivity contribution in [3.8, 4) is 0 Å². The minimum Gasteiger partial charge on any atom is -0.341 e. The summed E-state index contributed by atoms with van der Waals surface area (Å²) in [5.41, 5.74) is 0.627. The van der Waals surface area contributed by atoms with Gasteiger partial charge in [0, 0.05) is 31.1 Å². The van der Waals surface area contributed by atoms with Crippen LogP contribution < -0.4 is 5.32 Å². The van der Waals surface area contributed by atoms with Gasteiger partial charge in [-0.2, -0.15) is 0 Å². The molecule has 0 aliphatic carbocycles. The zero-order chi connectivity index (χ0) is 18.4. The summed E-state index contributed by atoms with van der Waals surface area (Å²) in [5.74, 6) is 0.0753. The molecule has 2 heterocycles. The summed E-state index contributed by atoms with van der Waals surface area (Å²) >= 11 is 7.69. The van der Waals surface area contributed by atoms with Gasteiger partial charge in [-0.3, -0.25) is 14.5 Å². The Hall–Kier alpha value is -1.89. The van der Waals surface area contributed by atoms with E-state index < -0.39 is 0 Å². The van der Waals surface area contributed by atoms with E-state index in [0.29, 0.717) is 36.8 Å². The van der Waals surface area contributed by atoms with Crippen molar-refractivity contribution >= 4 is 40.4 Å². The second-order valence-corrected chi connectivity index (χ2v) is 7.73. The molecule has 1 saturated heterocycles. The Balaban J connectivity index is 1.48. The molecule has 1 aromatic heterocycles. The number of para-hydroxylation sites is 1. The largest absolute Gasteiger partial charge is 0.341 e. The van der Waals surface area contributed by atoms with Crippen LogP contribution in [0.4, 0.5) is 5.69 Å². The SMILES string of the molecule is O=C(CN1CCCN(C(=O)Cc2cccs2)CC1)Nc1ccccc1Cl. The first-order valence-electron chi connectivity index (χ1n) is 8.69. The van der Waals surface area contributed by atoms with Crippen LogP contribution in [0.3, 0.4) is 0 Å². The molecule has 1 aliphatic heterocycles. The number of thiophene rings is 1.